The number of amides is 1. The lowest BCUT2D eigenvalue weighted by molar-refractivity contribution is -0.118. The molecule has 1 amide bonds. The van der Waals surface area contributed by atoms with Gasteiger partial charge in [-0.25, -0.2) is 0 Å². The second-order valence-electron chi connectivity index (χ2n) is 4.70. The zero-order chi connectivity index (χ0) is 13.8. The van der Waals surface area contributed by atoms with Crippen LogP contribution in [-0.2, 0) is 4.79 Å². The third-order valence-corrected chi connectivity index (χ3v) is 3.93. The molecule has 1 aromatic rings. The Morgan fingerprint density at radius 1 is 1.47 bits per heavy atom. The van der Waals surface area contributed by atoms with Gasteiger partial charge in [-0.2, -0.15) is 0 Å². The lowest BCUT2D eigenvalue weighted by Gasteiger charge is -2.33. The van der Waals surface area contributed by atoms with Gasteiger partial charge in [0.05, 0.1) is 16.6 Å². The second kappa shape index (κ2) is 6.57. The first-order valence-electron chi connectivity index (χ1n) is 6.26. The summed E-state index contributed by atoms with van der Waals surface area (Å²) in [6.45, 7) is 5.22. The van der Waals surface area contributed by atoms with Gasteiger partial charge in [-0.1, -0.05) is 23.2 Å². The van der Waals surface area contributed by atoms with Crippen molar-refractivity contribution < 1.29 is 4.79 Å². The van der Waals surface area contributed by atoms with E-state index in [1.807, 2.05) is 0 Å². The molecule has 1 aliphatic rings. The number of halogens is 2. The fourth-order valence-electron chi connectivity index (χ4n) is 2.08. The number of carbonyl (C=O) groups excluding carboxylic acids is 1. The van der Waals surface area contributed by atoms with Crippen LogP contribution in [0.3, 0.4) is 0 Å². The highest BCUT2D eigenvalue weighted by Gasteiger charge is 2.20. The van der Waals surface area contributed by atoms with E-state index in [2.05, 4.69) is 22.5 Å². The molecule has 0 aliphatic carbocycles. The molecule has 0 spiro atoms. The van der Waals surface area contributed by atoms with Crippen molar-refractivity contribution in [2.24, 2.45) is 0 Å². The van der Waals surface area contributed by atoms with Crippen LogP contribution in [0.15, 0.2) is 18.2 Å². The fourth-order valence-corrected chi connectivity index (χ4v) is 2.37. The van der Waals surface area contributed by atoms with Crippen molar-refractivity contribution in [1.82, 2.24) is 10.2 Å². The molecule has 4 nitrogen and oxygen atoms in total. The number of hydrogen-bond donors (Lipinski definition) is 2. The predicted molar refractivity (Wildman–Crippen MR) is 79.0 cm³/mol. The number of nitrogens with zero attached hydrogens (tertiary/aromatic N) is 1. The predicted octanol–water partition coefficient (Wildman–Crippen LogP) is 2.23. The molecule has 2 N–H and O–H groups in total. The van der Waals surface area contributed by atoms with Gasteiger partial charge < -0.3 is 10.6 Å². The second-order valence-corrected chi connectivity index (χ2v) is 5.52. The van der Waals surface area contributed by atoms with Gasteiger partial charge in [-0.3, -0.25) is 9.69 Å². The van der Waals surface area contributed by atoms with E-state index in [1.54, 1.807) is 18.2 Å². The van der Waals surface area contributed by atoms with Gasteiger partial charge in [0.25, 0.3) is 0 Å². The topological polar surface area (TPSA) is 44.4 Å². The molecule has 0 aromatic heterocycles. The quantitative estimate of drug-likeness (QED) is 0.900. The van der Waals surface area contributed by atoms with Gasteiger partial charge in [0, 0.05) is 31.4 Å². The maximum absolute atomic E-state index is 12.0. The number of hydrogen-bond acceptors (Lipinski definition) is 3. The molecule has 1 aliphatic heterocycles. The lowest BCUT2D eigenvalue weighted by atomic mass is 10.2. The summed E-state index contributed by atoms with van der Waals surface area (Å²) in [5, 5.41) is 7.05. The van der Waals surface area contributed by atoms with Crippen molar-refractivity contribution in [3.63, 3.8) is 0 Å². The largest absolute Gasteiger partial charge is 0.325 e. The maximum Gasteiger partial charge on any atom is 0.238 e. The fraction of sp³-hybridized carbons (Fsp3) is 0.462. The van der Waals surface area contributed by atoms with E-state index >= 15 is 0 Å². The van der Waals surface area contributed by atoms with Gasteiger partial charge in [-0.05, 0) is 25.1 Å². The van der Waals surface area contributed by atoms with Gasteiger partial charge >= 0.3 is 0 Å². The highest BCUT2D eigenvalue weighted by molar-refractivity contribution is 6.42. The van der Waals surface area contributed by atoms with Crippen molar-refractivity contribution in [2.45, 2.75) is 13.0 Å². The van der Waals surface area contributed by atoms with E-state index in [9.17, 15) is 4.79 Å². The Kier molecular flexibility index (Phi) is 5.05. The molecule has 1 heterocycles. The molecule has 1 aromatic carbocycles. The minimum absolute atomic E-state index is 0.0351. The zero-order valence-electron chi connectivity index (χ0n) is 10.7. The van der Waals surface area contributed by atoms with Crippen LogP contribution >= 0.6 is 23.2 Å². The Morgan fingerprint density at radius 2 is 2.26 bits per heavy atom. The van der Waals surface area contributed by atoms with Crippen molar-refractivity contribution in [3.05, 3.63) is 28.2 Å². The Morgan fingerprint density at radius 3 is 2.95 bits per heavy atom. The summed E-state index contributed by atoms with van der Waals surface area (Å²) in [5.74, 6) is -0.0351. The first kappa shape index (κ1) is 14.6. The van der Waals surface area contributed by atoms with Gasteiger partial charge in [0.15, 0.2) is 0 Å². The molecule has 6 heteroatoms. The molecule has 2 rings (SSSR count). The van der Waals surface area contributed by atoms with E-state index in [-0.39, 0.29) is 5.91 Å². The van der Waals surface area contributed by atoms with Gasteiger partial charge in [0.1, 0.15) is 0 Å². The van der Waals surface area contributed by atoms with Crippen molar-refractivity contribution in [3.8, 4) is 0 Å². The van der Waals surface area contributed by atoms with Crippen LogP contribution in [0.2, 0.25) is 10.0 Å². The Labute approximate surface area is 123 Å². The maximum atomic E-state index is 12.0. The van der Waals surface area contributed by atoms with Crippen LogP contribution in [0.5, 0.6) is 0 Å². The first-order valence-corrected chi connectivity index (χ1v) is 7.01. The summed E-state index contributed by atoms with van der Waals surface area (Å²) in [6.07, 6.45) is 0. The van der Waals surface area contributed by atoms with Crippen LogP contribution < -0.4 is 10.6 Å². The molecule has 1 saturated heterocycles. The number of anilines is 1. The SMILES string of the molecule is C[C@@H]1CNCCN1CC(=O)Nc1ccc(Cl)c(Cl)c1. The standard InChI is InChI=1S/C13H17Cl2N3O/c1-9-7-16-4-5-18(9)8-13(19)17-10-2-3-11(14)12(15)6-10/h2-3,6,9,16H,4-5,7-8H2,1H3,(H,17,19)/t9-/m1/s1. The average molecular weight is 302 g/mol. The van der Waals surface area contributed by atoms with Crippen LogP contribution in [0.1, 0.15) is 6.92 Å². The molecule has 1 atom stereocenters. The molecule has 19 heavy (non-hydrogen) atoms. The third-order valence-electron chi connectivity index (χ3n) is 3.19. The van der Waals surface area contributed by atoms with Crippen molar-refractivity contribution in [2.75, 3.05) is 31.5 Å². The molecular weight excluding hydrogens is 285 g/mol. The highest BCUT2D eigenvalue weighted by Crippen LogP contribution is 2.24. The van der Waals surface area contributed by atoms with E-state index in [4.69, 9.17) is 23.2 Å². The van der Waals surface area contributed by atoms with Gasteiger partial charge in [-0.15, -0.1) is 0 Å². The highest BCUT2D eigenvalue weighted by atomic mass is 35.5. The molecule has 0 bridgehead atoms. The summed E-state index contributed by atoms with van der Waals surface area (Å²) in [4.78, 5) is 14.1. The Balaban J connectivity index is 1.91. The van der Waals surface area contributed by atoms with Crippen LogP contribution in [0.4, 0.5) is 5.69 Å². The summed E-state index contributed by atoms with van der Waals surface area (Å²) in [5.41, 5.74) is 0.669. The van der Waals surface area contributed by atoms with E-state index in [0.29, 0.717) is 28.3 Å². The van der Waals surface area contributed by atoms with Crippen LogP contribution in [0, 0.1) is 0 Å². The van der Waals surface area contributed by atoms with E-state index in [0.717, 1.165) is 19.6 Å². The van der Waals surface area contributed by atoms with Crippen molar-refractivity contribution >= 4 is 34.8 Å². The first-order chi connectivity index (χ1) is 9.06. The van der Waals surface area contributed by atoms with E-state index < -0.39 is 0 Å². The number of piperazine rings is 1. The normalized spacial score (nSPS) is 20.3. The number of rotatable bonds is 3. The van der Waals surface area contributed by atoms with Crippen molar-refractivity contribution in [1.29, 1.82) is 0 Å². The zero-order valence-corrected chi connectivity index (χ0v) is 12.3. The summed E-state index contributed by atoms with van der Waals surface area (Å²) >= 11 is 11.7. The van der Waals surface area contributed by atoms with Crippen LogP contribution in [0.25, 0.3) is 0 Å². The Hall–Kier alpha value is -0.810. The molecule has 0 unspecified atom stereocenters. The van der Waals surface area contributed by atoms with Gasteiger partial charge in [0.2, 0.25) is 5.91 Å². The number of carbonyl (C=O) groups is 1. The minimum Gasteiger partial charge on any atom is -0.325 e. The molecule has 104 valence electrons. The monoisotopic (exact) mass is 301 g/mol. The number of nitrogens with one attached hydrogen (secondary N) is 2. The summed E-state index contributed by atoms with van der Waals surface area (Å²) in [6, 6.07) is 5.44. The lowest BCUT2D eigenvalue weighted by Crippen LogP contribution is -2.51. The average Bonchev–Trinajstić information content (AvgIpc) is 2.37. The molecule has 0 radical (unpaired) electrons. The molecule has 1 fully saturated rings. The number of benzene rings is 1. The Bertz CT molecular complexity index is 467. The minimum atomic E-state index is -0.0351. The third kappa shape index (κ3) is 4.08. The van der Waals surface area contributed by atoms with E-state index in [1.165, 1.54) is 0 Å². The molecule has 0 saturated carbocycles. The van der Waals surface area contributed by atoms with Crippen LogP contribution in [-0.4, -0.2) is 43.0 Å². The summed E-state index contributed by atoms with van der Waals surface area (Å²) < 4.78 is 0. The summed E-state index contributed by atoms with van der Waals surface area (Å²) in [7, 11) is 0. The smallest absolute Gasteiger partial charge is 0.238 e. The molecular formula is C13H17Cl2N3O.